The molecule has 0 spiro atoms. The molecule has 2 aromatic heterocycles. The molecule has 2 unspecified atom stereocenters. The smallest absolute Gasteiger partial charge is 0.302 e. The number of H-pyrrole nitrogens is 1. The molecule has 2 atom stereocenters. The summed E-state index contributed by atoms with van der Waals surface area (Å²) in [5.74, 6) is -1.40. The van der Waals surface area contributed by atoms with Crippen LogP contribution in [0.3, 0.4) is 0 Å². The Balaban J connectivity index is 1.33. The van der Waals surface area contributed by atoms with E-state index in [9.17, 15) is 18.7 Å². The molecule has 1 amide bonds. The highest BCUT2D eigenvalue weighted by Crippen LogP contribution is 2.33. The molecule has 4 rings (SSSR count). The van der Waals surface area contributed by atoms with Crippen LogP contribution < -0.4 is 0 Å². The maximum absolute atomic E-state index is 14.5. The third-order valence-electron chi connectivity index (χ3n) is 5.11. The highest BCUT2D eigenvalue weighted by Gasteiger charge is 2.39. The molecule has 0 aliphatic carbocycles. The van der Waals surface area contributed by atoms with Crippen molar-refractivity contribution in [3.05, 3.63) is 65.9 Å². The number of aliphatic hydroxyl groups is 1. The van der Waals surface area contributed by atoms with Gasteiger partial charge in [-0.2, -0.15) is 14.0 Å². The maximum Gasteiger partial charge on any atom is 0.302 e. The predicted molar refractivity (Wildman–Crippen MR) is 114 cm³/mol. The zero-order chi connectivity index (χ0) is 22.6. The first-order valence-corrected chi connectivity index (χ1v) is 11.0. The van der Waals surface area contributed by atoms with Crippen LogP contribution in [0.5, 0.6) is 0 Å². The van der Waals surface area contributed by atoms with Gasteiger partial charge in [-0.05, 0) is 23.8 Å². The second kappa shape index (κ2) is 9.61. The molecule has 1 saturated heterocycles. The number of aromatic nitrogens is 4. The number of amides is 1. The Morgan fingerprint density at radius 2 is 2.12 bits per heavy atom. The summed E-state index contributed by atoms with van der Waals surface area (Å²) in [7, 11) is 0. The predicted octanol–water partition coefficient (Wildman–Crippen LogP) is 3.64. The van der Waals surface area contributed by atoms with Gasteiger partial charge in [0.05, 0.1) is 6.04 Å². The standard InChI is InChI=1S/C21H21F2N5O3S/c22-21(23,14-5-2-1-3-6-14)18(29)11-8-15-13-32-20(30)28(15)12-4-7-16-9-10-17(31-16)19-24-26-27-25-19/h1-3,5-6,8-11,15,18,29H,4,7,12-13H2,(H,24,25,26,27). The number of rotatable bonds is 9. The highest BCUT2D eigenvalue weighted by molar-refractivity contribution is 8.13. The van der Waals surface area contributed by atoms with E-state index in [0.29, 0.717) is 42.5 Å². The Hall–Kier alpha value is -3.05. The van der Waals surface area contributed by atoms with Crippen molar-refractivity contribution < 1.29 is 23.1 Å². The van der Waals surface area contributed by atoms with E-state index in [1.54, 1.807) is 17.0 Å². The Kier molecular flexibility index (Phi) is 6.66. The number of alkyl halides is 2. The van der Waals surface area contributed by atoms with Crippen LogP contribution >= 0.6 is 11.8 Å². The molecule has 1 aliphatic heterocycles. The van der Waals surface area contributed by atoms with Crippen LogP contribution in [0, 0.1) is 0 Å². The van der Waals surface area contributed by atoms with Gasteiger partial charge in [-0.25, -0.2) is 0 Å². The Morgan fingerprint density at radius 3 is 2.88 bits per heavy atom. The molecule has 1 aliphatic rings. The van der Waals surface area contributed by atoms with Gasteiger partial charge < -0.3 is 14.4 Å². The Morgan fingerprint density at radius 1 is 1.31 bits per heavy atom. The molecular weight excluding hydrogens is 440 g/mol. The zero-order valence-electron chi connectivity index (χ0n) is 16.9. The number of aromatic amines is 1. The van der Waals surface area contributed by atoms with Gasteiger partial charge in [0.1, 0.15) is 11.9 Å². The third kappa shape index (κ3) is 4.89. The van der Waals surface area contributed by atoms with Crippen molar-refractivity contribution in [1.29, 1.82) is 0 Å². The van der Waals surface area contributed by atoms with Crippen LogP contribution in [0.1, 0.15) is 17.7 Å². The van der Waals surface area contributed by atoms with Crippen LogP contribution in [-0.4, -0.2) is 60.3 Å². The SMILES string of the molecule is O=C1SCC(C=CC(O)C(F)(F)c2ccccc2)N1CCCc1ccc(-c2nn[nH]n2)o1. The topological polar surface area (TPSA) is 108 Å². The first-order valence-electron chi connectivity index (χ1n) is 10.0. The number of carbonyl (C=O) groups is 1. The van der Waals surface area contributed by atoms with Crippen LogP contribution in [0.2, 0.25) is 0 Å². The molecule has 0 bridgehead atoms. The van der Waals surface area contributed by atoms with Crippen LogP contribution in [-0.2, 0) is 12.3 Å². The minimum atomic E-state index is -3.42. The van der Waals surface area contributed by atoms with Crippen molar-refractivity contribution in [2.75, 3.05) is 12.3 Å². The fourth-order valence-electron chi connectivity index (χ4n) is 3.39. The first kappa shape index (κ1) is 22.2. The second-order valence-corrected chi connectivity index (χ2v) is 8.23. The molecule has 8 nitrogen and oxygen atoms in total. The Labute approximate surface area is 186 Å². The second-order valence-electron chi connectivity index (χ2n) is 7.26. The van der Waals surface area contributed by atoms with E-state index >= 15 is 0 Å². The van der Waals surface area contributed by atoms with Gasteiger partial charge in [0.15, 0.2) is 5.76 Å². The number of nitrogens with zero attached hydrogens (tertiary/aromatic N) is 4. The number of hydrogen-bond donors (Lipinski definition) is 2. The van der Waals surface area contributed by atoms with E-state index in [0.717, 1.165) is 17.8 Å². The molecule has 1 fully saturated rings. The largest absolute Gasteiger partial charge is 0.458 e. The molecular formula is C21H21F2N5O3S. The summed E-state index contributed by atoms with van der Waals surface area (Å²) < 4.78 is 34.6. The quantitative estimate of drug-likeness (QED) is 0.469. The summed E-state index contributed by atoms with van der Waals surface area (Å²) in [5.41, 5.74) is -0.260. The average molecular weight is 461 g/mol. The number of thioether (sulfide) groups is 1. The van der Waals surface area contributed by atoms with Gasteiger partial charge in [-0.1, -0.05) is 54.2 Å². The number of aryl methyl sites for hydroxylation is 1. The number of furan rings is 1. The van der Waals surface area contributed by atoms with Crippen molar-refractivity contribution in [2.24, 2.45) is 0 Å². The molecule has 3 heterocycles. The van der Waals surface area contributed by atoms with Gasteiger partial charge in [0.25, 0.3) is 5.24 Å². The number of benzene rings is 1. The van der Waals surface area contributed by atoms with E-state index in [4.69, 9.17) is 4.42 Å². The lowest BCUT2D eigenvalue weighted by Gasteiger charge is -2.23. The van der Waals surface area contributed by atoms with Crippen molar-refractivity contribution >= 4 is 17.0 Å². The van der Waals surface area contributed by atoms with Gasteiger partial charge in [-0.15, -0.1) is 10.2 Å². The van der Waals surface area contributed by atoms with Gasteiger partial charge in [-0.3, -0.25) is 4.79 Å². The van der Waals surface area contributed by atoms with Crippen LogP contribution in [0.15, 0.2) is 59.0 Å². The van der Waals surface area contributed by atoms with Crippen molar-refractivity contribution in [2.45, 2.75) is 30.9 Å². The number of hydrogen-bond acceptors (Lipinski definition) is 7. The molecule has 0 saturated carbocycles. The molecule has 1 aromatic carbocycles. The minimum absolute atomic E-state index is 0.115. The number of carbonyl (C=O) groups excluding carboxylic acids is 1. The lowest BCUT2D eigenvalue weighted by molar-refractivity contribution is -0.0929. The third-order valence-corrected chi connectivity index (χ3v) is 6.10. The van der Waals surface area contributed by atoms with E-state index in [1.165, 1.54) is 30.3 Å². The monoisotopic (exact) mass is 461 g/mol. The van der Waals surface area contributed by atoms with Gasteiger partial charge >= 0.3 is 5.92 Å². The number of nitrogens with one attached hydrogen (secondary N) is 1. The maximum atomic E-state index is 14.5. The number of tetrazole rings is 1. The molecule has 3 aromatic rings. The van der Waals surface area contributed by atoms with E-state index in [2.05, 4.69) is 20.6 Å². The Bertz CT molecular complexity index is 1060. The number of halogens is 2. The van der Waals surface area contributed by atoms with Gasteiger partial charge in [0, 0.05) is 24.3 Å². The molecule has 168 valence electrons. The minimum Gasteiger partial charge on any atom is -0.458 e. The molecule has 11 heteroatoms. The summed E-state index contributed by atoms with van der Waals surface area (Å²) in [5, 5.41) is 23.5. The summed E-state index contributed by atoms with van der Waals surface area (Å²) in [6.07, 6.45) is 1.78. The first-order chi connectivity index (χ1) is 15.4. The zero-order valence-corrected chi connectivity index (χ0v) is 17.7. The highest BCUT2D eigenvalue weighted by atomic mass is 32.2. The molecule has 2 N–H and O–H groups in total. The lowest BCUT2D eigenvalue weighted by atomic mass is 10.0. The normalized spacial score (nSPS) is 18.0. The van der Waals surface area contributed by atoms with E-state index in [1.807, 2.05) is 6.07 Å². The van der Waals surface area contributed by atoms with Crippen molar-refractivity contribution in [3.63, 3.8) is 0 Å². The fourth-order valence-corrected chi connectivity index (χ4v) is 4.39. The number of aliphatic hydroxyl groups excluding tert-OH is 1. The van der Waals surface area contributed by atoms with E-state index in [-0.39, 0.29) is 16.8 Å². The van der Waals surface area contributed by atoms with Crippen LogP contribution in [0.25, 0.3) is 11.6 Å². The fraction of sp³-hybridized carbons (Fsp3) is 0.333. The average Bonchev–Trinajstić information content (AvgIpc) is 3.55. The molecule has 0 radical (unpaired) electrons. The van der Waals surface area contributed by atoms with Crippen molar-refractivity contribution in [3.8, 4) is 11.6 Å². The molecule has 32 heavy (non-hydrogen) atoms. The summed E-state index contributed by atoms with van der Waals surface area (Å²) in [6, 6.07) is 10.4. The van der Waals surface area contributed by atoms with Gasteiger partial charge in [0.2, 0.25) is 5.82 Å². The summed E-state index contributed by atoms with van der Waals surface area (Å²) in [4.78, 5) is 13.9. The van der Waals surface area contributed by atoms with E-state index < -0.39 is 12.0 Å². The lowest BCUT2D eigenvalue weighted by Crippen LogP contribution is -2.34. The summed E-state index contributed by atoms with van der Waals surface area (Å²) >= 11 is 1.13. The van der Waals surface area contributed by atoms with Crippen LogP contribution in [0.4, 0.5) is 13.6 Å². The summed E-state index contributed by atoms with van der Waals surface area (Å²) in [6.45, 7) is 0.435. The van der Waals surface area contributed by atoms with Crippen molar-refractivity contribution in [1.82, 2.24) is 25.5 Å².